The molecule has 0 bridgehead atoms. The van der Waals surface area contributed by atoms with Crippen molar-refractivity contribution in [1.29, 1.82) is 0 Å². The van der Waals surface area contributed by atoms with Gasteiger partial charge in [-0.25, -0.2) is 4.39 Å². The minimum Gasteiger partial charge on any atom is -0.494 e. The lowest BCUT2D eigenvalue weighted by Gasteiger charge is -2.22. The Hall–Kier alpha value is -2.16. The van der Waals surface area contributed by atoms with Crippen LogP contribution < -0.4 is 4.74 Å². The van der Waals surface area contributed by atoms with Crippen LogP contribution in [0.3, 0.4) is 0 Å². The van der Waals surface area contributed by atoms with Crippen molar-refractivity contribution in [3.63, 3.8) is 0 Å². The summed E-state index contributed by atoms with van der Waals surface area (Å²) in [5.74, 6) is -0.861. The summed E-state index contributed by atoms with van der Waals surface area (Å²) in [7, 11) is 1.38. The van der Waals surface area contributed by atoms with Crippen LogP contribution in [0, 0.1) is 5.82 Å². The highest BCUT2D eigenvalue weighted by Crippen LogP contribution is 2.29. The Bertz CT molecular complexity index is 669. The summed E-state index contributed by atoms with van der Waals surface area (Å²) in [4.78, 5) is 12.7. The molecule has 0 aromatic heterocycles. The molecule has 2 aromatic carbocycles. The molecule has 0 amide bonds. The summed E-state index contributed by atoms with van der Waals surface area (Å²) in [5.41, 5.74) is 1.27. The van der Waals surface area contributed by atoms with Crippen LogP contribution in [0.2, 0.25) is 0 Å². The highest BCUT2D eigenvalue weighted by atomic mass is 19.1. The summed E-state index contributed by atoms with van der Waals surface area (Å²) in [5, 5.41) is 0. The number of ether oxygens (including phenoxy) is 1. The molecule has 3 heteroatoms. The molecule has 0 aliphatic rings. The van der Waals surface area contributed by atoms with Crippen molar-refractivity contribution >= 4 is 5.78 Å². The van der Waals surface area contributed by atoms with E-state index in [9.17, 15) is 9.18 Å². The second-order valence-electron chi connectivity index (χ2n) is 5.95. The van der Waals surface area contributed by atoms with Gasteiger partial charge in [-0.05, 0) is 23.1 Å². The Morgan fingerprint density at radius 1 is 1.00 bits per heavy atom. The number of hydrogen-bond donors (Lipinski definition) is 0. The minimum atomic E-state index is -0.617. The Kier molecular flexibility index (Phi) is 4.12. The second kappa shape index (κ2) is 5.68. The predicted octanol–water partition coefficient (Wildman–Crippen LogP) is 4.36. The average Bonchev–Trinajstić information content (AvgIpc) is 2.46. The van der Waals surface area contributed by atoms with E-state index in [1.807, 2.05) is 32.9 Å². The normalized spacial score (nSPS) is 11.3. The van der Waals surface area contributed by atoms with Crippen LogP contribution in [0.15, 0.2) is 42.5 Å². The molecule has 0 N–H and O–H groups in total. The Morgan fingerprint density at radius 2 is 1.62 bits per heavy atom. The topological polar surface area (TPSA) is 26.3 Å². The van der Waals surface area contributed by atoms with E-state index in [4.69, 9.17) is 4.74 Å². The predicted molar refractivity (Wildman–Crippen MR) is 81.5 cm³/mol. The summed E-state index contributed by atoms with van der Waals surface area (Å²) >= 11 is 0. The zero-order valence-electron chi connectivity index (χ0n) is 12.7. The van der Waals surface area contributed by atoms with Crippen molar-refractivity contribution in [2.75, 3.05) is 7.11 Å². The second-order valence-corrected chi connectivity index (χ2v) is 5.95. The molecule has 0 fully saturated rings. The molecule has 0 spiro atoms. The van der Waals surface area contributed by atoms with E-state index in [0.29, 0.717) is 5.56 Å². The molecule has 0 saturated carbocycles. The number of carbonyl (C=O) groups is 1. The number of methoxy groups -OCH3 is 1. The summed E-state index contributed by atoms with van der Waals surface area (Å²) in [6, 6.07) is 11.9. The first-order valence-corrected chi connectivity index (χ1v) is 6.83. The standard InChI is InChI=1S/C18H19FO2/c1-18(2,3)14-10-6-5-8-12(14)17(20)13-9-7-11-15(21-4)16(13)19/h5-11H,1-4H3. The van der Waals surface area contributed by atoms with Crippen molar-refractivity contribution < 1.29 is 13.9 Å². The molecule has 0 heterocycles. The van der Waals surface area contributed by atoms with Crippen LogP contribution in [0.25, 0.3) is 0 Å². The molecule has 2 nitrogen and oxygen atoms in total. The van der Waals surface area contributed by atoms with Crippen LogP contribution in [-0.2, 0) is 5.41 Å². The maximum Gasteiger partial charge on any atom is 0.196 e. The van der Waals surface area contributed by atoms with Crippen LogP contribution in [0.4, 0.5) is 4.39 Å². The molecule has 0 aliphatic heterocycles. The molecule has 0 radical (unpaired) electrons. The third kappa shape index (κ3) is 2.97. The average molecular weight is 286 g/mol. The SMILES string of the molecule is COc1cccc(C(=O)c2ccccc2C(C)(C)C)c1F. The number of rotatable bonds is 3. The van der Waals surface area contributed by atoms with Crippen molar-refractivity contribution in [3.8, 4) is 5.75 Å². The lowest BCUT2D eigenvalue weighted by atomic mass is 9.82. The third-order valence-electron chi connectivity index (χ3n) is 3.41. The van der Waals surface area contributed by atoms with Crippen molar-refractivity contribution in [2.45, 2.75) is 26.2 Å². The van der Waals surface area contributed by atoms with E-state index < -0.39 is 5.82 Å². The first-order chi connectivity index (χ1) is 9.86. The first-order valence-electron chi connectivity index (χ1n) is 6.83. The number of benzene rings is 2. The Morgan fingerprint density at radius 3 is 2.24 bits per heavy atom. The minimum absolute atomic E-state index is 0.0334. The summed E-state index contributed by atoms with van der Waals surface area (Å²) in [6.45, 7) is 6.09. The fraction of sp³-hybridized carbons (Fsp3) is 0.278. The van der Waals surface area contributed by atoms with Crippen molar-refractivity contribution in [1.82, 2.24) is 0 Å². The molecule has 0 unspecified atom stereocenters. The number of ketones is 1. The Balaban J connectivity index is 2.57. The van der Waals surface area contributed by atoms with Crippen molar-refractivity contribution in [3.05, 3.63) is 65.0 Å². The zero-order valence-corrected chi connectivity index (χ0v) is 12.7. The number of halogens is 1. The van der Waals surface area contributed by atoms with Gasteiger partial charge in [0.25, 0.3) is 0 Å². The molecule has 110 valence electrons. The molecular formula is C18H19FO2. The quantitative estimate of drug-likeness (QED) is 0.783. The zero-order chi connectivity index (χ0) is 15.6. The van der Waals surface area contributed by atoms with E-state index in [0.717, 1.165) is 5.56 Å². The van der Waals surface area contributed by atoms with Crippen LogP contribution in [-0.4, -0.2) is 12.9 Å². The van der Waals surface area contributed by atoms with E-state index in [-0.39, 0.29) is 22.5 Å². The van der Waals surface area contributed by atoms with Gasteiger partial charge in [0.1, 0.15) is 0 Å². The van der Waals surface area contributed by atoms with Crippen LogP contribution in [0.5, 0.6) is 5.75 Å². The van der Waals surface area contributed by atoms with E-state index >= 15 is 0 Å². The van der Waals surface area contributed by atoms with Gasteiger partial charge in [-0.2, -0.15) is 0 Å². The van der Waals surface area contributed by atoms with Gasteiger partial charge < -0.3 is 4.74 Å². The highest BCUT2D eigenvalue weighted by Gasteiger charge is 2.24. The van der Waals surface area contributed by atoms with Gasteiger partial charge in [0, 0.05) is 5.56 Å². The lowest BCUT2D eigenvalue weighted by Crippen LogP contribution is -2.18. The maximum absolute atomic E-state index is 14.3. The highest BCUT2D eigenvalue weighted by molar-refractivity contribution is 6.10. The maximum atomic E-state index is 14.3. The largest absolute Gasteiger partial charge is 0.494 e. The van der Waals surface area contributed by atoms with E-state index in [1.165, 1.54) is 19.2 Å². The molecule has 2 aromatic rings. The third-order valence-corrected chi connectivity index (χ3v) is 3.41. The van der Waals surface area contributed by atoms with Gasteiger partial charge in [0.2, 0.25) is 0 Å². The fourth-order valence-corrected chi connectivity index (χ4v) is 2.32. The molecular weight excluding hydrogens is 267 g/mol. The van der Waals surface area contributed by atoms with Gasteiger partial charge in [-0.3, -0.25) is 4.79 Å². The van der Waals surface area contributed by atoms with Gasteiger partial charge in [-0.15, -0.1) is 0 Å². The van der Waals surface area contributed by atoms with Crippen LogP contribution >= 0.6 is 0 Å². The van der Waals surface area contributed by atoms with E-state index in [1.54, 1.807) is 18.2 Å². The van der Waals surface area contributed by atoms with Gasteiger partial charge in [-0.1, -0.05) is 51.1 Å². The van der Waals surface area contributed by atoms with Gasteiger partial charge >= 0.3 is 0 Å². The lowest BCUT2D eigenvalue weighted by molar-refractivity contribution is 0.103. The van der Waals surface area contributed by atoms with E-state index in [2.05, 4.69) is 0 Å². The Labute approximate surface area is 124 Å². The molecule has 21 heavy (non-hydrogen) atoms. The first kappa shape index (κ1) is 15.2. The molecule has 2 rings (SSSR count). The molecule has 0 aliphatic carbocycles. The molecule has 0 atom stereocenters. The fourth-order valence-electron chi connectivity index (χ4n) is 2.32. The summed E-state index contributed by atoms with van der Waals surface area (Å²) < 4.78 is 19.2. The van der Waals surface area contributed by atoms with Crippen molar-refractivity contribution in [2.24, 2.45) is 0 Å². The van der Waals surface area contributed by atoms with Gasteiger partial charge in [0.05, 0.1) is 12.7 Å². The molecule has 0 saturated heterocycles. The summed E-state index contributed by atoms with van der Waals surface area (Å²) in [6.07, 6.45) is 0. The number of hydrogen-bond acceptors (Lipinski definition) is 2. The van der Waals surface area contributed by atoms with Crippen LogP contribution in [0.1, 0.15) is 42.3 Å². The van der Waals surface area contributed by atoms with Gasteiger partial charge in [0.15, 0.2) is 17.3 Å². The smallest absolute Gasteiger partial charge is 0.196 e. The monoisotopic (exact) mass is 286 g/mol. The number of carbonyl (C=O) groups excluding carboxylic acids is 1.